The molecule has 0 aromatic heterocycles. The van der Waals surface area contributed by atoms with Crippen LogP contribution in [0, 0.1) is 10.1 Å². The second-order valence-corrected chi connectivity index (χ2v) is 6.16. The fraction of sp³-hybridized carbons (Fsp3) is 0.0769. The highest BCUT2D eigenvalue weighted by Crippen LogP contribution is 2.28. The van der Waals surface area contributed by atoms with Crippen molar-refractivity contribution in [3.8, 4) is 0 Å². The molecule has 4 nitrogen and oxygen atoms in total. The fourth-order valence-corrected chi connectivity index (χ4v) is 2.83. The molecule has 2 aromatic carbocycles. The smallest absolute Gasteiger partial charge is 0.271 e. The fourth-order valence-electron chi connectivity index (χ4n) is 1.62. The number of nitro groups is 1. The van der Waals surface area contributed by atoms with Crippen molar-refractivity contribution in [1.82, 2.24) is 0 Å². The van der Waals surface area contributed by atoms with Gasteiger partial charge in [0.05, 0.1) is 10.6 Å². The van der Waals surface area contributed by atoms with Gasteiger partial charge in [-0.05, 0) is 39.7 Å². The first-order valence-electron chi connectivity index (χ1n) is 5.59. The summed E-state index contributed by atoms with van der Waals surface area (Å²) in [7, 11) is 0. The minimum Gasteiger partial charge on any atom is -0.380 e. The first kappa shape index (κ1) is 15.3. The van der Waals surface area contributed by atoms with Gasteiger partial charge in [0.2, 0.25) is 0 Å². The van der Waals surface area contributed by atoms with Gasteiger partial charge in [0.1, 0.15) is 0 Å². The van der Waals surface area contributed by atoms with Crippen LogP contribution in [0.15, 0.2) is 45.3 Å². The predicted molar refractivity (Wildman–Crippen MR) is 87.3 cm³/mol. The molecule has 0 atom stereocenters. The third-order valence-corrected chi connectivity index (χ3v) is 4.31. The summed E-state index contributed by atoms with van der Waals surface area (Å²) >= 11 is 12.7. The van der Waals surface area contributed by atoms with Crippen molar-refractivity contribution >= 4 is 54.8 Å². The Morgan fingerprint density at radius 3 is 2.55 bits per heavy atom. The lowest BCUT2D eigenvalue weighted by Crippen LogP contribution is -2.01. The van der Waals surface area contributed by atoms with Crippen LogP contribution in [0.25, 0.3) is 0 Å². The van der Waals surface area contributed by atoms with Gasteiger partial charge >= 0.3 is 0 Å². The molecule has 1 N–H and O–H groups in total. The number of nitro benzene ring substituents is 1. The molecule has 0 radical (unpaired) electrons. The number of anilines is 1. The number of hydrogen-bond acceptors (Lipinski definition) is 3. The molecule has 0 aliphatic heterocycles. The van der Waals surface area contributed by atoms with Crippen molar-refractivity contribution in [3.63, 3.8) is 0 Å². The Hall–Kier alpha value is -1.11. The third-order valence-electron chi connectivity index (χ3n) is 2.65. The van der Waals surface area contributed by atoms with Crippen LogP contribution in [0.2, 0.25) is 5.02 Å². The van der Waals surface area contributed by atoms with Gasteiger partial charge in [0.25, 0.3) is 5.69 Å². The van der Waals surface area contributed by atoms with E-state index in [2.05, 4.69) is 37.2 Å². The monoisotopic (exact) mass is 418 g/mol. The first-order chi connectivity index (χ1) is 9.47. The van der Waals surface area contributed by atoms with Crippen molar-refractivity contribution in [3.05, 3.63) is 66.0 Å². The molecule has 2 aromatic rings. The summed E-state index contributed by atoms with van der Waals surface area (Å²) in [6.07, 6.45) is 0. The lowest BCUT2D eigenvalue weighted by Gasteiger charge is -2.10. The summed E-state index contributed by atoms with van der Waals surface area (Å²) in [5.74, 6) is 0. The molecule has 2 rings (SSSR count). The van der Waals surface area contributed by atoms with Crippen LogP contribution in [-0.4, -0.2) is 4.92 Å². The van der Waals surface area contributed by atoms with Crippen molar-refractivity contribution < 1.29 is 4.92 Å². The molecular formula is C13H9Br2ClN2O2. The minimum atomic E-state index is -0.421. The summed E-state index contributed by atoms with van der Waals surface area (Å²) in [5.41, 5.74) is 1.72. The molecule has 0 heterocycles. The van der Waals surface area contributed by atoms with E-state index in [0.717, 1.165) is 14.5 Å². The topological polar surface area (TPSA) is 55.2 Å². The van der Waals surface area contributed by atoms with E-state index in [1.165, 1.54) is 12.1 Å². The quantitative estimate of drug-likeness (QED) is 0.533. The average molecular weight is 420 g/mol. The lowest BCUT2D eigenvalue weighted by atomic mass is 10.2. The zero-order valence-corrected chi connectivity index (χ0v) is 14.0. The summed E-state index contributed by atoms with van der Waals surface area (Å²) in [4.78, 5) is 10.3. The molecule has 7 heteroatoms. The molecule has 0 fully saturated rings. The third kappa shape index (κ3) is 3.71. The zero-order valence-electron chi connectivity index (χ0n) is 10.1. The number of nitrogens with one attached hydrogen (secondary N) is 1. The molecule has 0 amide bonds. The second-order valence-electron chi connectivity index (χ2n) is 4.01. The van der Waals surface area contributed by atoms with Crippen molar-refractivity contribution in [2.75, 3.05) is 5.32 Å². The van der Waals surface area contributed by atoms with E-state index in [1.54, 1.807) is 18.2 Å². The van der Waals surface area contributed by atoms with Crippen LogP contribution in [-0.2, 0) is 6.54 Å². The van der Waals surface area contributed by atoms with Gasteiger partial charge < -0.3 is 5.32 Å². The Morgan fingerprint density at radius 2 is 1.90 bits per heavy atom. The maximum Gasteiger partial charge on any atom is 0.271 e. The SMILES string of the molecule is O=[N+]([O-])c1ccc(Br)c(NCc2ccc(Cl)cc2Br)c1. The van der Waals surface area contributed by atoms with Crippen LogP contribution in [0.4, 0.5) is 11.4 Å². The van der Waals surface area contributed by atoms with Gasteiger partial charge in [0.15, 0.2) is 0 Å². The lowest BCUT2D eigenvalue weighted by molar-refractivity contribution is -0.384. The van der Waals surface area contributed by atoms with Crippen molar-refractivity contribution in [2.45, 2.75) is 6.54 Å². The normalized spacial score (nSPS) is 10.3. The average Bonchev–Trinajstić information content (AvgIpc) is 2.39. The molecule has 0 aliphatic carbocycles. The van der Waals surface area contributed by atoms with E-state index in [0.29, 0.717) is 17.3 Å². The molecule has 0 saturated carbocycles. The molecule has 0 unspecified atom stereocenters. The summed E-state index contributed by atoms with van der Waals surface area (Å²) < 4.78 is 1.66. The largest absolute Gasteiger partial charge is 0.380 e. The number of halogens is 3. The Kier molecular flexibility index (Phi) is 5.01. The summed E-state index contributed by atoms with van der Waals surface area (Å²) in [6, 6.07) is 10.1. The minimum absolute atomic E-state index is 0.0471. The number of hydrogen-bond donors (Lipinski definition) is 1. The van der Waals surface area contributed by atoms with Crippen molar-refractivity contribution in [2.24, 2.45) is 0 Å². The van der Waals surface area contributed by atoms with Crippen LogP contribution in [0.5, 0.6) is 0 Å². The maximum atomic E-state index is 10.8. The predicted octanol–water partition coefficient (Wildman–Crippen LogP) is 5.39. The van der Waals surface area contributed by atoms with E-state index in [1.807, 2.05) is 6.07 Å². The summed E-state index contributed by atoms with van der Waals surface area (Å²) in [6.45, 7) is 0.525. The maximum absolute atomic E-state index is 10.8. The Morgan fingerprint density at radius 1 is 1.15 bits per heavy atom. The Bertz CT molecular complexity index is 665. The second kappa shape index (κ2) is 6.56. The van der Waals surface area contributed by atoms with Gasteiger partial charge in [-0.25, -0.2) is 0 Å². The van der Waals surface area contributed by atoms with Crippen LogP contribution in [0.1, 0.15) is 5.56 Å². The number of rotatable bonds is 4. The van der Waals surface area contributed by atoms with Gasteiger partial charge in [-0.2, -0.15) is 0 Å². The van der Waals surface area contributed by atoms with Gasteiger partial charge in [0, 0.05) is 32.6 Å². The van der Waals surface area contributed by atoms with E-state index >= 15 is 0 Å². The molecule has 104 valence electrons. The molecule has 0 aliphatic rings. The molecule has 0 bridgehead atoms. The highest BCUT2D eigenvalue weighted by Gasteiger charge is 2.09. The molecule has 0 saturated heterocycles. The van der Waals surface area contributed by atoms with Crippen LogP contribution in [0.3, 0.4) is 0 Å². The van der Waals surface area contributed by atoms with Gasteiger partial charge in [-0.3, -0.25) is 10.1 Å². The van der Waals surface area contributed by atoms with E-state index in [-0.39, 0.29) is 5.69 Å². The molecular weight excluding hydrogens is 411 g/mol. The van der Waals surface area contributed by atoms with E-state index in [4.69, 9.17) is 11.6 Å². The number of benzene rings is 2. The Labute approximate surface area is 137 Å². The Balaban J connectivity index is 2.18. The molecule has 0 spiro atoms. The van der Waals surface area contributed by atoms with Gasteiger partial charge in [-0.15, -0.1) is 0 Å². The first-order valence-corrected chi connectivity index (χ1v) is 7.55. The van der Waals surface area contributed by atoms with Crippen molar-refractivity contribution in [1.29, 1.82) is 0 Å². The highest BCUT2D eigenvalue weighted by molar-refractivity contribution is 9.11. The number of nitrogens with zero attached hydrogens (tertiary/aromatic N) is 1. The zero-order chi connectivity index (χ0) is 14.7. The highest BCUT2D eigenvalue weighted by atomic mass is 79.9. The van der Waals surface area contributed by atoms with E-state index < -0.39 is 4.92 Å². The van der Waals surface area contributed by atoms with Gasteiger partial charge in [-0.1, -0.05) is 33.6 Å². The molecule has 20 heavy (non-hydrogen) atoms. The van der Waals surface area contributed by atoms with Crippen LogP contribution >= 0.6 is 43.5 Å². The standard InChI is InChI=1S/C13H9Br2ClN2O2/c14-11-4-3-10(18(19)20)6-13(11)17-7-8-1-2-9(16)5-12(8)15/h1-6,17H,7H2. The van der Waals surface area contributed by atoms with Crippen LogP contribution < -0.4 is 5.32 Å². The summed E-state index contributed by atoms with van der Waals surface area (Å²) in [5, 5.41) is 14.6. The number of non-ortho nitro benzene ring substituents is 1. The van der Waals surface area contributed by atoms with E-state index in [9.17, 15) is 10.1 Å².